The van der Waals surface area contributed by atoms with Crippen molar-refractivity contribution >= 4 is 17.3 Å². The van der Waals surface area contributed by atoms with E-state index in [1.54, 1.807) is 0 Å². The van der Waals surface area contributed by atoms with Crippen LogP contribution in [0.4, 0.5) is 40.8 Å². The Hall–Kier alpha value is -2.27. The van der Waals surface area contributed by atoms with Crippen LogP contribution in [0.5, 0.6) is 5.75 Å². The van der Waals surface area contributed by atoms with E-state index < -0.39 is 40.9 Å². The number of benzene rings is 2. The largest absolute Gasteiger partial charge is 0.439 e. The van der Waals surface area contributed by atoms with Gasteiger partial charge >= 0.3 is 12.3 Å². The fourth-order valence-corrected chi connectivity index (χ4v) is 2.70. The molecule has 0 aliphatic carbocycles. The van der Waals surface area contributed by atoms with Crippen molar-refractivity contribution in [2.45, 2.75) is 31.9 Å². The number of nitrogens with one attached hydrogen (secondary N) is 2. The van der Waals surface area contributed by atoms with Crippen LogP contribution in [0, 0.1) is 18.6 Å². The third kappa shape index (κ3) is 5.88. The SMILES string of the molecule is Cc1cc(NCNCc2c(F)cccc2F)cc(Cl)c1OC(F)(F)C(F)C(F)(F)F. The lowest BCUT2D eigenvalue weighted by molar-refractivity contribution is -0.305. The molecule has 0 saturated carbocycles. The highest BCUT2D eigenvalue weighted by Crippen LogP contribution is 2.40. The van der Waals surface area contributed by atoms with E-state index in [1.165, 1.54) is 19.1 Å². The van der Waals surface area contributed by atoms with Gasteiger partial charge in [-0.15, -0.1) is 0 Å². The molecule has 2 rings (SSSR count). The van der Waals surface area contributed by atoms with Crippen LogP contribution in [0.3, 0.4) is 0 Å². The van der Waals surface area contributed by atoms with Gasteiger partial charge in [0, 0.05) is 17.8 Å². The number of rotatable bonds is 8. The molecule has 0 aliphatic rings. The van der Waals surface area contributed by atoms with Gasteiger partial charge in [0.15, 0.2) is 0 Å². The minimum atomic E-state index is -5.82. The lowest BCUT2D eigenvalue weighted by Gasteiger charge is -2.24. The van der Waals surface area contributed by atoms with Crippen LogP contribution in [0.15, 0.2) is 30.3 Å². The molecule has 1 atom stereocenters. The lowest BCUT2D eigenvalue weighted by atomic mass is 10.2. The van der Waals surface area contributed by atoms with E-state index >= 15 is 0 Å². The minimum absolute atomic E-state index is 0.0272. The summed E-state index contributed by atoms with van der Waals surface area (Å²) in [6.45, 7) is 1.02. The van der Waals surface area contributed by atoms with E-state index in [4.69, 9.17) is 11.6 Å². The number of ether oxygens (including phenoxy) is 1. The Balaban J connectivity index is 2.02. The lowest BCUT2D eigenvalue weighted by Crippen LogP contribution is -2.45. The van der Waals surface area contributed by atoms with Crippen LogP contribution in [0.25, 0.3) is 0 Å². The Kier molecular flexibility index (Phi) is 7.40. The molecular formula is C18H15ClF8N2O. The molecule has 2 aromatic rings. The second kappa shape index (κ2) is 9.25. The van der Waals surface area contributed by atoms with Crippen LogP contribution >= 0.6 is 11.6 Å². The first-order valence-electron chi connectivity index (χ1n) is 8.28. The van der Waals surface area contributed by atoms with Gasteiger partial charge in [0.2, 0.25) is 0 Å². The van der Waals surface area contributed by atoms with E-state index in [9.17, 15) is 35.1 Å². The summed E-state index contributed by atoms with van der Waals surface area (Å²) in [5.74, 6) is -2.30. The topological polar surface area (TPSA) is 33.3 Å². The van der Waals surface area contributed by atoms with Gasteiger partial charge in [-0.3, -0.25) is 5.32 Å². The Morgan fingerprint density at radius 2 is 1.67 bits per heavy atom. The number of alkyl halides is 6. The summed E-state index contributed by atoms with van der Waals surface area (Å²) in [4.78, 5) is 0. The van der Waals surface area contributed by atoms with Crippen LogP contribution in [-0.2, 0) is 6.54 Å². The highest BCUT2D eigenvalue weighted by atomic mass is 35.5. The van der Waals surface area contributed by atoms with Gasteiger partial charge in [-0.05, 0) is 36.8 Å². The fraction of sp³-hybridized carbons (Fsp3) is 0.333. The molecule has 0 bridgehead atoms. The zero-order chi connectivity index (χ0) is 22.7. The second-order valence-electron chi connectivity index (χ2n) is 6.15. The van der Waals surface area contributed by atoms with Crippen molar-refractivity contribution in [3.05, 3.63) is 58.1 Å². The monoisotopic (exact) mass is 462 g/mol. The molecule has 30 heavy (non-hydrogen) atoms. The average Bonchev–Trinajstić information content (AvgIpc) is 2.62. The third-order valence-electron chi connectivity index (χ3n) is 3.83. The van der Waals surface area contributed by atoms with Gasteiger partial charge in [-0.2, -0.15) is 22.0 Å². The van der Waals surface area contributed by atoms with Crippen molar-refractivity contribution in [2.75, 3.05) is 12.0 Å². The molecule has 0 spiro atoms. The summed E-state index contributed by atoms with van der Waals surface area (Å²) < 4.78 is 108. The number of anilines is 1. The average molecular weight is 463 g/mol. The van der Waals surface area contributed by atoms with Gasteiger partial charge in [0.25, 0.3) is 6.17 Å². The summed E-state index contributed by atoms with van der Waals surface area (Å²) in [7, 11) is 0. The van der Waals surface area contributed by atoms with Crippen LogP contribution in [0.2, 0.25) is 5.02 Å². The van der Waals surface area contributed by atoms with Gasteiger partial charge in [0.05, 0.1) is 11.7 Å². The Labute approximate surface area is 171 Å². The van der Waals surface area contributed by atoms with E-state index in [0.717, 1.165) is 18.2 Å². The zero-order valence-electron chi connectivity index (χ0n) is 15.2. The molecule has 3 nitrogen and oxygen atoms in total. The van der Waals surface area contributed by atoms with E-state index in [-0.39, 0.29) is 30.0 Å². The summed E-state index contributed by atoms with van der Waals surface area (Å²) in [6, 6.07) is 5.66. The first-order valence-corrected chi connectivity index (χ1v) is 8.66. The smallest absolute Gasteiger partial charge is 0.428 e. The normalized spacial score (nSPS) is 13.3. The molecule has 0 aliphatic heterocycles. The van der Waals surface area contributed by atoms with Crippen molar-refractivity contribution in [1.82, 2.24) is 5.32 Å². The predicted molar refractivity (Wildman–Crippen MR) is 94.4 cm³/mol. The van der Waals surface area contributed by atoms with Crippen LogP contribution in [-0.4, -0.2) is 25.1 Å². The van der Waals surface area contributed by atoms with Gasteiger partial charge in [-0.1, -0.05) is 17.7 Å². The Bertz CT molecular complexity index is 848. The van der Waals surface area contributed by atoms with Gasteiger partial charge < -0.3 is 10.1 Å². The first kappa shape index (κ1) is 24.0. The molecule has 166 valence electrons. The van der Waals surface area contributed by atoms with Crippen molar-refractivity contribution < 1.29 is 39.9 Å². The fourth-order valence-electron chi connectivity index (χ4n) is 2.39. The number of halogens is 9. The zero-order valence-corrected chi connectivity index (χ0v) is 15.9. The maximum atomic E-state index is 13.5. The molecule has 0 fully saturated rings. The first-order chi connectivity index (χ1) is 13.8. The summed E-state index contributed by atoms with van der Waals surface area (Å²) in [5.41, 5.74) is -0.0496. The number of hydrogen-bond donors (Lipinski definition) is 2. The standard InChI is InChI=1S/C18H15ClF8N2O/c1-9-5-10(29-8-28-7-11-13(20)3-2-4-14(11)21)6-12(19)15(9)30-18(26,27)16(22)17(23,24)25/h2-6,16,28-29H,7-8H2,1H3. The predicted octanol–water partition coefficient (Wildman–Crippen LogP) is 5.96. The molecule has 0 aromatic heterocycles. The van der Waals surface area contributed by atoms with Crippen LogP contribution < -0.4 is 15.4 Å². The van der Waals surface area contributed by atoms with Crippen LogP contribution in [0.1, 0.15) is 11.1 Å². The third-order valence-corrected chi connectivity index (χ3v) is 4.11. The minimum Gasteiger partial charge on any atom is -0.428 e. The molecule has 2 N–H and O–H groups in total. The quantitative estimate of drug-likeness (QED) is 0.289. The molecule has 0 radical (unpaired) electrons. The van der Waals surface area contributed by atoms with Crippen molar-refractivity contribution in [2.24, 2.45) is 0 Å². The van der Waals surface area contributed by atoms with Gasteiger partial charge in [0.1, 0.15) is 17.4 Å². The molecule has 2 aromatic carbocycles. The highest BCUT2D eigenvalue weighted by Gasteiger charge is 2.59. The van der Waals surface area contributed by atoms with Crippen molar-refractivity contribution in [1.29, 1.82) is 0 Å². The Morgan fingerprint density at radius 3 is 2.20 bits per heavy atom. The number of aryl methyl sites for hydroxylation is 1. The van der Waals surface area contributed by atoms with E-state index in [0.29, 0.717) is 0 Å². The maximum Gasteiger partial charge on any atom is 0.439 e. The molecule has 12 heteroatoms. The summed E-state index contributed by atoms with van der Waals surface area (Å²) >= 11 is 5.79. The van der Waals surface area contributed by atoms with E-state index in [2.05, 4.69) is 15.4 Å². The summed E-state index contributed by atoms with van der Waals surface area (Å²) in [6.07, 6.45) is -15.6. The maximum absolute atomic E-state index is 13.5. The Morgan fingerprint density at radius 1 is 1.07 bits per heavy atom. The molecule has 0 saturated heterocycles. The number of hydrogen-bond acceptors (Lipinski definition) is 3. The second-order valence-corrected chi connectivity index (χ2v) is 6.56. The van der Waals surface area contributed by atoms with Crippen molar-refractivity contribution in [3.8, 4) is 5.75 Å². The molecule has 0 heterocycles. The molecular weight excluding hydrogens is 448 g/mol. The highest BCUT2D eigenvalue weighted by molar-refractivity contribution is 6.32. The molecule has 0 amide bonds. The van der Waals surface area contributed by atoms with Crippen molar-refractivity contribution in [3.63, 3.8) is 0 Å². The van der Waals surface area contributed by atoms with E-state index in [1.807, 2.05) is 0 Å². The molecule has 1 unspecified atom stereocenters. The summed E-state index contributed by atoms with van der Waals surface area (Å²) in [5, 5.41) is 4.94. The van der Waals surface area contributed by atoms with Gasteiger partial charge in [-0.25, -0.2) is 13.2 Å².